The van der Waals surface area contributed by atoms with Crippen LogP contribution in [0.15, 0.2) is 18.2 Å². The van der Waals surface area contributed by atoms with E-state index < -0.39 is 0 Å². The Morgan fingerprint density at radius 3 is 2.57 bits per heavy atom. The number of hydrogen-bond acceptors (Lipinski definition) is 4. The number of aliphatic hydroxyl groups is 1. The predicted octanol–water partition coefficient (Wildman–Crippen LogP) is 1.96. The van der Waals surface area contributed by atoms with Crippen molar-refractivity contribution in [2.24, 2.45) is 0 Å². The molecule has 1 aliphatic heterocycles. The third-order valence-electron chi connectivity index (χ3n) is 3.80. The lowest BCUT2D eigenvalue weighted by Crippen LogP contribution is -2.48. The molecule has 21 heavy (non-hydrogen) atoms. The maximum absolute atomic E-state index is 12.3. The van der Waals surface area contributed by atoms with Crippen molar-refractivity contribution >= 4 is 5.78 Å². The number of carbonyl (C=O) groups is 1. The SMILES string of the molecule is Cc1cc(C)cc(C(=O)CCN2CC(C)OC(CO)C2)c1. The highest BCUT2D eigenvalue weighted by atomic mass is 16.5. The Kier molecular flexibility index (Phi) is 5.51. The summed E-state index contributed by atoms with van der Waals surface area (Å²) in [7, 11) is 0. The van der Waals surface area contributed by atoms with Gasteiger partial charge < -0.3 is 9.84 Å². The van der Waals surface area contributed by atoms with Gasteiger partial charge in [0.1, 0.15) is 0 Å². The molecule has 0 spiro atoms. The van der Waals surface area contributed by atoms with E-state index in [0.29, 0.717) is 13.0 Å². The molecule has 1 fully saturated rings. The summed E-state index contributed by atoms with van der Waals surface area (Å²) in [6.45, 7) is 8.29. The number of nitrogens with zero attached hydrogens (tertiary/aromatic N) is 1. The van der Waals surface area contributed by atoms with Gasteiger partial charge in [-0.15, -0.1) is 0 Å². The molecule has 4 nitrogen and oxygen atoms in total. The average Bonchev–Trinajstić information content (AvgIpc) is 2.43. The minimum Gasteiger partial charge on any atom is -0.394 e. The Bertz CT molecular complexity index is 481. The van der Waals surface area contributed by atoms with Crippen molar-refractivity contribution in [1.82, 2.24) is 4.90 Å². The molecule has 1 N–H and O–H groups in total. The number of ether oxygens (including phenoxy) is 1. The lowest BCUT2D eigenvalue weighted by molar-refractivity contribution is -0.0947. The van der Waals surface area contributed by atoms with Crippen LogP contribution in [0.2, 0.25) is 0 Å². The Morgan fingerprint density at radius 1 is 1.29 bits per heavy atom. The van der Waals surface area contributed by atoms with E-state index >= 15 is 0 Å². The summed E-state index contributed by atoms with van der Waals surface area (Å²) in [6, 6.07) is 5.98. The standard InChI is InChI=1S/C17H25NO3/c1-12-6-13(2)8-15(7-12)17(20)4-5-18-9-14(3)21-16(10-18)11-19/h6-8,14,16,19H,4-5,9-11H2,1-3H3. The Labute approximate surface area is 126 Å². The summed E-state index contributed by atoms with van der Waals surface area (Å²) in [5, 5.41) is 9.22. The second-order valence-corrected chi connectivity index (χ2v) is 6.06. The summed E-state index contributed by atoms with van der Waals surface area (Å²) < 4.78 is 5.61. The highest BCUT2D eigenvalue weighted by molar-refractivity contribution is 5.96. The van der Waals surface area contributed by atoms with E-state index in [-0.39, 0.29) is 24.6 Å². The van der Waals surface area contributed by atoms with Gasteiger partial charge in [0, 0.05) is 31.6 Å². The molecule has 1 aromatic rings. The molecule has 4 heteroatoms. The minimum absolute atomic E-state index is 0.0336. The number of hydrogen-bond donors (Lipinski definition) is 1. The van der Waals surface area contributed by atoms with Crippen LogP contribution in [0.3, 0.4) is 0 Å². The largest absolute Gasteiger partial charge is 0.394 e. The molecule has 1 saturated heterocycles. The van der Waals surface area contributed by atoms with Gasteiger partial charge in [-0.2, -0.15) is 0 Å². The molecule has 0 aliphatic carbocycles. The van der Waals surface area contributed by atoms with Crippen LogP contribution in [0.25, 0.3) is 0 Å². The number of Topliss-reactive ketones (excluding diaryl/α,β-unsaturated/α-hetero) is 1. The molecule has 1 aliphatic rings. The Balaban J connectivity index is 1.91. The maximum atomic E-state index is 12.3. The number of aliphatic hydroxyl groups excluding tert-OH is 1. The van der Waals surface area contributed by atoms with Crippen LogP contribution in [-0.4, -0.2) is 54.2 Å². The van der Waals surface area contributed by atoms with Gasteiger partial charge in [0.2, 0.25) is 0 Å². The first-order chi connectivity index (χ1) is 9.97. The van der Waals surface area contributed by atoms with Crippen LogP contribution < -0.4 is 0 Å². The van der Waals surface area contributed by atoms with Crippen molar-refractivity contribution < 1.29 is 14.6 Å². The average molecular weight is 291 g/mol. The summed E-state index contributed by atoms with van der Waals surface area (Å²) in [5.74, 6) is 0.182. The highest BCUT2D eigenvalue weighted by Crippen LogP contribution is 2.14. The van der Waals surface area contributed by atoms with E-state index in [1.165, 1.54) is 0 Å². The molecule has 1 heterocycles. The summed E-state index contributed by atoms with van der Waals surface area (Å²) >= 11 is 0. The molecule has 2 atom stereocenters. The normalized spacial score (nSPS) is 23.2. The lowest BCUT2D eigenvalue weighted by Gasteiger charge is -2.35. The number of ketones is 1. The van der Waals surface area contributed by atoms with Crippen LogP contribution in [0.5, 0.6) is 0 Å². The molecule has 0 radical (unpaired) electrons. The molecule has 0 bridgehead atoms. The zero-order chi connectivity index (χ0) is 15.4. The van der Waals surface area contributed by atoms with Gasteiger partial charge in [0.05, 0.1) is 18.8 Å². The molecular weight excluding hydrogens is 266 g/mol. The van der Waals surface area contributed by atoms with Crippen molar-refractivity contribution in [2.75, 3.05) is 26.2 Å². The fourth-order valence-corrected chi connectivity index (χ4v) is 2.96. The highest BCUT2D eigenvalue weighted by Gasteiger charge is 2.24. The first-order valence-electron chi connectivity index (χ1n) is 7.58. The van der Waals surface area contributed by atoms with Gasteiger partial charge in [-0.25, -0.2) is 0 Å². The topological polar surface area (TPSA) is 49.8 Å². The summed E-state index contributed by atoms with van der Waals surface area (Å²) in [6.07, 6.45) is 0.477. The Morgan fingerprint density at radius 2 is 1.95 bits per heavy atom. The molecule has 0 saturated carbocycles. The second-order valence-electron chi connectivity index (χ2n) is 6.06. The smallest absolute Gasteiger partial charge is 0.164 e. The van der Waals surface area contributed by atoms with Gasteiger partial charge in [0.15, 0.2) is 5.78 Å². The second kappa shape index (κ2) is 7.16. The maximum Gasteiger partial charge on any atom is 0.164 e. The molecule has 2 rings (SSSR count). The van der Waals surface area contributed by atoms with Crippen LogP contribution >= 0.6 is 0 Å². The zero-order valence-electron chi connectivity index (χ0n) is 13.1. The van der Waals surface area contributed by atoms with Crippen LogP contribution in [0.4, 0.5) is 0 Å². The van der Waals surface area contributed by atoms with Crippen LogP contribution in [-0.2, 0) is 4.74 Å². The number of carbonyl (C=O) groups excluding carboxylic acids is 1. The van der Waals surface area contributed by atoms with Gasteiger partial charge in [0.25, 0.3) is 0 Å². The zero-order valence-corrected chi connectivity index (χ0v) is 13.1. The van der Waals surface area contributed by atoms with Crippen molar-refractivity contribution in [1.29, 1.82) is 0 Å². The fraction of sp³-hybridized carbons (Fsp3) is 0.588. The van der Waals surface area contributed by atoms with E-state index in [1.54, 1.807) is 0 Å². The molecule has 116 valence electrons. The van der Waals surface area contributed by atoms with E-state index in [9.17, 15) is 9.90 Å². The van der Waals surface area contributed by atoms with Crippen LogP contribution in [0.1, 0.15) is 34.8 Å². The molecule has 2 unspecified atom stereocenters. The van der Waals surface area contributed by atoms with Crippen molar-refractivity contribution in [2.45, 2.75) is 39.4 Å². The molecular formula is C17H25NO3. The van der Waals surface area contributed by atoms with Crippen molar-refractivity contribution in [3.05, 3.63) is 34.9 Å². The van der Waals surface area contributed by atoms with E-state index in [2.05, 4.69) is 11.0 Å². The first kappa shape index (κ1) is 16.1. The predicted molar refractivity (Wildman–Crippen MR) is 82.7 cm³/mol. The van der Waals surface area contributed by atoms with Gasteiger partial charge in [-0.1, -0.05) is 17.2 Å². The third-order valence-corrected chi connectivity index (χ3v) is 3.80. The number of aryl methyl sites for hydroxylation is 2. The van der Waals surface area contributed by atoms with Gasteiger partial charge >= 0.3 is 0 Å². The number of benzene rings is 1. The van der Waals surface area contributed by atoms with E-state index in [0.717, 1.165) is 29.8 Å². The monoisotopic (exact) mass is 291 g/mol. The van der Waals surface area contributed by atoms with Crippen molar-refractivity contribution in [3.63, 3.8) is 0 Å². The number of morpholine rings is 1. The first-order valence-corrected chi connectivity index (χ1v) is 7.58. The minimum atomic E-state index is -0.134. The summed E-state index contributed by atoms with van der Waals surface area (Å²) in [5.41, 5.74) is 3.05. The fourth-order valence-electron chi connectivity index (χ4n) is 2.96. The number of rotatable bonds is 5. The quantitative estimate of drug-likeness (QED) is 0.843. The van der Waals surface area contributed by atoms with Gasteiger partial charge in [-0.05, 0) is 32.9 Å². The van der Waals surface area contributed by atoms with Gasteiger partial charge in [-0.3, -0.25) is 9.69 Å². The molecule has 0 aromatic heterocycles. The molecule has 0 amide bonds. The molecule has 1 aromatic carbocycles. The van der Waals surface area contributed by atoms with Crippen molar-refractivity contribution in [3.8, 4) is 0 Å². The van der Waals surface area contributed by atoms with Crippen LogP contribution in [0, 0.1) is 13.8 Å². The van der Waals surface area contributed by atoms with E-state index in [4.69, 9.17) is 4.74 Å². The summed E-state index contributed by atoms with van der Waals surface area (Å²) in [4.78, 5) is 14.5. The lowest BCUT2D eigenvalue weighted by atomic mass is 10.0. The Hall–Kier alpha value is -1.23. The van der Waals surface area contributed by atoms with E-state index in [1.807, 2.05) is 32.9 Å². The third kappa shape index (κ3) is 4.63.